The Bertz CT molecular complexity index is 349. The number of nitro groups is 2. The zero-order valence-electron chi connectivity index (χ0n) is 5.39. The molecule has 1 rings (SSSR count). The number of rotatable bonds is 2. The van der Waals surface area contributed by atoms with Gasteiger partial charge in [0.2, 0.25) is 0 Å². The molecule has 0 aromatic carbocycles. The second-order valence-electron chi connectivity index (χ2n) is 1.75. The van der Waals surface area contributed by atoms with Crippen molar-refractivity contribution in [2.75, 3.05) is 0 Å². The van der Waals surface area contributed by atoms with Gasteiger partial charge in [-0.15, -0.1) is 0 Å². The molecule has 8 heteroatoms. The summed E-state index contributed by atoms with van der Waals surface area (Å²) >= 11 is 5.99. The van der Waals surface area contributed by atoms with Crippen molar-refractivity contribution >= 4 is 33.6 Å². The van der Waals surface area contributed by atoms with Gasteiger partial charge < -0.3 is 0 Å². The molecule has 0 spiro atoms. The molecule has 0 saturated heterocycles. The maximum atomic E-state index is 10.2. The molecular weight excluding hydrogens is 208 g/mol. The van der Waals surface area contributed by atoms with Crippen LogP contribution in [0.5, 0.6) is 0 Å². The molecule has 6 nitrogen and oxygen atoms in total. The van der Waals surface area contributed by atoms with Crippen molar-refractivity contribution in [3.8, 4) is 0 Å². The highest BCUT2D eigenvalue weighted by Gasteiger charge is 2.30. The molecule has 0 saturated carbocycles. The monoisotopic (exact) mass is 208 g/mol. The zero-order valence-corrected chi connectivity index (χ0v) is 6.96. The van der Waals surface area contributed by atoms with E-state index in [4.69, 9.17) is 11.6 Å². The third-order valence-electron chi connectivity index (χ3n) is 1.05. The first-order valence-electron chi connectivity index (χ1n) is 2.59. The first-order valence-corrected chi connectivity index (χ1v) is 3.85. The van der Waals surface area contributed by atoms with Gasteiger partial charge in [-0.3, -0.25) is 20.2 Å². The second-order valence-corrected chi connectivity index (χ2v) is 3.02. The Balaban J connectivity index is 3.31. The topological polar surface area (TPSA) is 86.3 Å². The molecule has 0 aliphatic carbocycles. The summed E-state index contributed by atoms with van der Waals surface area (Å²) in [5.74, 6) is 0. The summed E-state index contributed by atoms with van der Waals surface area (Å²) in [5, 5.41) is 20.9. The van der Waals surface area contributed by atoms with Crippen molar-refractivity contribution in [3.63, 3.8) is 0 Å². The fourth-order valence-corrected chi connectivity index (χ4v) is 1.67. The number of nitrogens with zero attached hydrogens (tertiary/aromatic N) is 2. The maximum Gasteiger partial charge on any atom is 0.402 e. The van der Waals surface area contributed by atoms with Crippen LogP contribution >= 0.6 is 22.9 Å². The predicted octanol–water partition coefficient (Wildman–Crippen LogP) is 2.22. The maximum absolute atomic E-state index is 10.2. The average molecular weight is 209 g/mol. The van der Waals surface area contributed by atoms with Gasteiger partial charge in [-0.05, 0) is 0 Å². The Morgan fingerprint density at radius 3 is 2.25 bits per heavy atom. The molecule has 1 aromatic heterocycles. The fourth-order valence-electron chi connectivity index (χ4n) is 0.616. The molecular formula is C4HClN2O4S. The van der Waals surface area contributed by atoms with Crippen LogP contribution in [0.3, 0.4) is 0 Å². The quantitative estimate of drug-likeness (QED) is 0.551. The molecule has 0 aliphatic rings. The summed E-state index contributed by atoms with van der Waals surface area (Å²) in [6.07, 6.45) is 0. The van der Waals surface area contributed by atoms with E-state index in [1.807, 2.05) is 0 Å². The van der Waals surface area contributed by atoms with E-state index in [9.17, 15) is 20.2 Å². The molecule has 0 N–H and O–H groups in total. The Morgan fingerprint density at radius 2 is 1.92 bits per heavy atom. The van der Waals surface area contributed by atoms with Crippen LogP contribution in [0.15, 0.2) is 5.38 Å². The molecule has 0 fully saturated rings. The lowest BCUT2D eigenvalue weighted by Crippen LogP contribution is -1.92. The third-order valence-corrected chi connectivity index (χ3v) is 2.39. The van der Waals surface area contributed by atoms with Crippen molar-refractivity contribution < 1.29 is 9.85 Å². The minimum absolute atomic E-state index is 0.197. The molecule has 0 unspecified atom stereocenters. The fraction of sp³-hybridized carbons (Fsp3) is 0. The molecule has 1 aromatic rings. The highest BCUT2D eigenvalue weighted by Crippen LogP contribution is 2.39. The molecule has 1 heterocycles. The second kappa shape index (κ2) is 3.03. The van der Waals surface area contributed by atoms with E-state index in [0.29, 0.717) is 11.3 Å². The lowest BCUT2D eigenvalue weighted by Gasteiger charge is -1.86. The van der Waals surface area contributed by atoms with Crippen molar-refractivity contribution in [1.82, 2.24) is 0 Å². The van der Waals surface area contributed by atoms with Gasteiger partial charge in [-0.25, -0.2) is 0 Å². The van der Waals surface area contributed by atoms with Crippen LogP contribution in [0.4, 0.5) is 10.7 Å². The normalized spacial score (nSPS) is 9.75. The summed E-state index contributed by atoms with van der Waals surface area (Å²) in [4.78, 5) is 18.7. The molecule has 0 aliphatic heterocycles. The summed E-state index contributed by atoms with van der Waals surface area (Å²) in [6.45, 7) is 0. The summed E-state index contributed by atoms with van der Waals surface area (Å²) in [6, 6.07) is 0. The van der Waals surface area contributed by atoms with E-state index < -0.39 is 20.5 Å². The minimum Gasteiger partial charge on any atom is -0.258 e. The molecule has 0 atom stereocenters. The van der Waals surface area contributed by atoms with Crippen LogP contribution in [0.1, 0.15) is 0 Å². The largest absolute Gasteiger partial charge is 0.402 e. The van der Waals surface area contributed by atoms with Crippen molar-refractivity contribution in [2.24, 2.45) is 0 Å². The average Bonchev–Trinajstić information content (AvgIpc) is 2.30. The van der Waals surface area contributed by atoms with Gasteiger partial charge in [0.15, 0.2) is 0 Å². The molecule has 0 bridgehead atoms. The first kappa shape index (κ1) is 8.88. The van der Waals surface area contributed by atoms with E-state index in [1.165, 1.54) is 0 Å². The van der Waals surface area contributed by atoms with E-state index in [-0.39, 0.29) is 5.02 Å². The summed E-state index contributed by atoms with van der Waals surface area (Å²) in [7, 11) is 0. The van der Waals surface area contributed by atoms with Crippen molar-refractivity contribution in [2.45, 2.75) is 0 Å². The lowest BCUT2D eigenvalue weighted by molar-refractivity contribution is -0.419. The van der Waals surface area contributed by atoms with Crippen LogP contribution in [0.25, 0.3) is 0 Å². The minimum atomic E-state index is -0.864. The van der Waals surface area contributed by atoms with Crippen LogP contribution in [0, 0.1) is 20.2 Å². The highest BCUT2D eigenvalue weighted by atomic mass is 35.5. The third kappa shape index (κ3) is 1.36. The molecule has 0 radical (unpaired) electrons. The Morgan fingerprint density at radius 1 is 1.33 bits per heavy atom. The van der Waals surface area contributed by atoms with Crippen LogP contribution < -0.4 is 0 Å². The van der Waals surface area contributed by atoms with Crippen molar-refractivity contribution in [1.29, 1.82) is 0 Å². The number of hydrogen-bond acceptors (Lipinski definition) is 5. The SMILES string of the molecule is O=[N+]([O-])c1scc(Cl)c1[N+](=O)[O-]. The summed E-state index contributed by atoms with van der Waals surface area (Å²) in [5.41, 5.74) is -0.633. The van der Waals surface area contributed by atoms with Gasteiger partial charge in [0.05, 0.1) is 9.85 Å². The van der Waals surface area contributed by atoms with Gasteiger partial charge in [-0.1, -0.05) is 22.9 Å². The van der Waals surface area contributed by atoms with Crippen LogP contribution in [0.2, 0.25) is 5.02 Å². The van der Waals surface area contributed by atoms with E-state index in [1.54, 1.807) is 0 Å². The Hall–Kier alpha value is -1.21. The van der Waals surface area contributed by atoms with Gasteiger partial charge in [0.25, 0.3) is 0 Å². The smallest absolute Gasteiger partial charge is 0.258 e. The molecule has 12 heavy (non-hydrogen) atoms. The zero-order chi connectivity index (χ0) is 9.30. The van der Waals surface area contributed by atoms with E-state index in [0.717, 1.165) is 5.38 Å². The predicted molar refractivity (Wildman–Crippen MR) is 42.6 cm³/mol. The summed E-state index contributed by atoms with van der Waals surface area (Å²) < 4.78 is 0. The number of hydrogen-bond donors (Lipinski definition) is 0. The van der Waals surface area contributed by atoms with E-state index in [2.05, 4.69) is 0 Å². The van der Waals surface area contributed by atoms with Gasteiger partial charge in [0, 0.05) is 5.38 Å². The Kier molecular flexibility index (Phi) is 2.25. The first-order chi connectivity index (χ1) is 5.54. The van der Waals surface area contributed by atoms with E-state index >= 15 is 0 Å². The molecule has 64 valence electrons. The lowest BCUT2D eigenvalue weighted by atomic mass is 10.5. The van der Waals surface area contributed by atoms with Crippen LogP contribution in [-0.4, -0.2) is 9.85 Å². The van der Waals surface area contributed by atoms with Crippen LogP contribution in [-0.2, 0) is 0 Å². The number of halogens is 1. The van der Waals surface area contributed by atoms with Gasteiger partial charge >= 0.3 is 10.7 Å². The molecule has 0 amide bonds. The standard InChI is InChI=1S/C4HClN2O4S/c5-2-1-12-4(7(10)11)3(2)6(8)9/h1H. The van der Waals surface area contributed by atoms with Crippen molar-refractivity contribution in [3.05, 3.63) is 30.6 Å². The number of thiophene rings is 1. The highest BCUT2D eigenvalue weighted by molar-refractivity contribution is 7.14. The van der Waals surface area contributed by atoms with Gasteiger partial charge in [-0.2, -0.15) is 0 Å². The van der Waals surface area contributed by atoms with Gasteiger partial charge in [0.1, 0.15) is 5.02 Å². The Labute approximate surface area is 74.7 Å².